The number of nitro groups is 1. The van der Waals surface area contributed by atoms with E-state index in [4.69, 9.17) is 9.15 Å². The fourth-order valence-electron chi connectivity index (χ4n) is 2.85. The largest absolute Gasteiger partial charge is 0.490 e. The van der Waals surface area contributed by atoms with E-state index in [-0.39, 0.29) is 22.9 Å². The maximum atomic E-state index is 13.0. The maximum Gasteiger partial charge on any atom is 0.311 e. The summed E-state index contributed by atoms with van der Waals surface area (Å²) in [6, 6.07) is 15.1. The Morgan fingerprint density at radius 1 is 1.21 bits per heavy atom. The lowest BCUT2D eigenvalue weighted by Crippen LogP contribution is -2.38. The highest BCUT2D eigenvalue weighted by Gasteiger charge is 2.27. The second-order valence-electron chi connectivity index (χ2n) is 6.65. The molecule has 0 spiro atoms. The van der Waals surface area contributed by atoms with E-state index >= 15 is 0 Å². The number of benzene rings is 2. The topological polar surface area (TPSA) is 144 Å². The van der Waals surface area contributed by atoms with Gasteiger partial charge in [0.05, 0.1) is 42.5 Å². The summed E-state index contributed by atoms with van der Waals surface area (Å²) in [4.78, 5) is 23.0. The van der Waals surface area contributed by atoms with Crippen LogP contribution in [0.4, 0.5) is 5.69 Å². The number of sulfonamides is 1. The molecule has 33 heavy (non-hydrogen) atoms. The summed E-state index contributed by atoms with van der Waals surface area (Å²) in [5.41, 5.74) is 2.32. The van der Waals surface area contributed by atoms with Gasteiger partial charge in [-0.05, 0) is 36.4 Å². The zero-order valence-electron chi connectivity index (χ0n) is 17.5. The Labute approximate surface area is 189 Å². The number of ether oxygens (including phenoxy) is 1. The van der Waals surface area contributed by atoms with E-state index in [0.717, 1.165) is 4.31 Å². The first-order valence-corrected chi connectivity index (χ1v) is 11.0. The SMILES string of the molecule is COc1ccc(/C=N/NC(=O)CN(Cc2ccco2)S(=O)(=O)c2ccccc2)cc1[N+](=O)[O-]. The number of methoxy groups -OCH3 is 1. The molecule has 0 saturated heterocycles. The normalized spacial score (nSPS) is 11.6. The standard InChI is InChI=1S/C21H20N4O7S/c1-31-20-10-9-16(12-19(20)25(27)28)13-22-23-21(26)15-24(14-17-6-5-11-32-17)33(29,30)18-7-3-2-4-8-18/h2-13H,14-15H2,1H3,(H,23,26)/b22-13+. The molecule has 11 nitrogen and oxygen atoms in total. The van der Waals surface area contributed by atoms with Crippen LogP contribution in [0.25, 0.3) is 0 Å². The summed E-state index contributed by atoms with van der Waals surface area (Å²) >= 11 is 0. The van der Waals surface area contributed by atoms with Gasteiger partial charge in [0.25, 0.3) is 5.91 Å². The van der Waals surface area contributed by atoms with E-state index in [9.17, 15) is 23.3 Å². The Morgan fingerprint density at radius 2 is 1.97 bits per heavy atom. The molecule has 0 aliphatic carbocycles. The molecule has 1 amide bonds. The van der Waals surface area contributed by atoms with Crippen molar-refractivity contribution in [3.05, 3.63) is 88.4 Å². The molecular weight excluding hydrogens is 452 g/mol. The van der Waals surface area contributed by atoms with Crippen LogP contribution < -0.4 is 10.2 Å². The van der Waals surface area contributed by atoms with Gasteiger partial charge in [-0.1, -0.05) is 18.2 Å². The molecule has 1 aromatic heterocycles. The monoisotopic (exact) mass is 472 g/mol. The minimum atomic E-state index is -4.00. The molecule has 12 heteroatoms. The molecule has 0 aliphatic heterocycles. The molecular formula is C21H20N4O7S. The highest BCUT2D eigenvalue weighted by Crippen LogP contribution is 2.26. The van der Waals surface area contributed by atoms with Crippen molar-refractivity contribution in [1.82, 2.24) is 9.73 Å². The van der Waals surface area contributed by atoms with Crippen molar-refractivity contribution in [3.63, 3.8) is 0 Å². The molecule has 3 aromatic rings. The number of nitrogens with one attached hydrogen (secondary N) is 1. The molecule has 1 heterocycles. The van der Waals surface area contributed by atoms with Crippen molar-refractivity contribution in [2.75, 3.05) is 13.7 Å². The predicted octanol–water partition coefficient (Wildman–Crippen LogP) is 2.54. The number of nitro benzene ring substituents is 1. The molecule has 0 atom stereocenters. The van der Waals surface area contributed by atoms with Crippen LogP contribution in [0.15, 0.2) is 81.3 Å². The lowest BCUT2D eigenvalue weighted by Gasteiger charge is -2.20. The third-order valence-electron chi connectivity index (χ3n) is 4.42. The lowest BCUT2D eigenvalue weighted by atomic mass is 10.2. The summed E-state index contributed by atoms with van der Waals surface area (Å²) in [5, 5.41) is 14.9. The van der Waals surface area contributed by atoms with Crippen molar-refractivity contribution in [3.8, 4) is 5.75 Å². The number of carbonyl (C=O) groups excluding carboxylic acids is 1. The first kappa shape index (κ1) is 23.6. The average Bonchev–Trinajstić information content (AvgIpc) is 3.32. The second-order valence-corrected chi connectivity index (χ2v) is 8.59. The van der Waals surface area contributed by atoms with Gasteiger partial charge in [0.15, 0.2) is 5.75 Å². The number of hydrogen-bond donors (Lipinski definition) is 1. The highest BCUT2D eigenvalue weighted by molar-refractivity contribution is 7.89. The number of furan rings is 1. The highest BCUT2D eigenvalue weighted by atomic mass is 32.2. The fraction of sp³-hybridized carbons (Fsp3) is 0.143. The Morgan fingerprint density at radius 3 is 2.61 bits per heavy atom. The van der Waals surface area contributed by atoms with Crippen molar-refractivity contribution >= 4 is 27.8 Å². The van der Waals surface area contributed by atoms with E-state index in [1.165, 1.54) is 49.9 Å². The Balaban J connectivity index is 1.73. The van der Waals surface area contributed by atoms with E-state index in [0.29, 0.717) is 11.3 Å². The van der Waals surface area contributed by atoms with Crippen LogP contribution in [0.1, 0.15) is 11.3 Å². The molecule has 0 bridgehead atoms. The van der Waals surface area contributed by atoms with E-state index in [2.05, 4.69) is 10.5 Å². The van der Waals surface area contributed by atoms with Crippen LogP contribution >= 0.6 is 0 Å². The summed E-state index contributed by atoms with van der Waals surface area (Å²) in [6.45, 7) is -0.690. The van der Waals surface area contributed by atoms with Gasteiger partial charge in [0, 0.05) is 11.6 Å². The predicted molar refractivity (Wildman–Crippen MR) is 118 cm³/mol. The third-order valence-corrected chi connectivity index (χ3v) is 6.22. The van der Waals surface area contributed by atoms with Gasteiger partial charge >= 0.3 is 5.69 Å². The van der Waals surface area contributed by atoms with Crippen LogP contribution in [0.3, 0.4) is 0 Å². The Hall–Kier alpha value is -4.03. The summed E-state index contributed by atoms with van der Waals surface area (Å²) in [6.07, 6.45) is 2.61. The summed E-state index contributed by atoms with van der Waals surface area (Å²) < 4.78 is 37.2. The van der Waals surface area contributed by atoms with E-state index in [1.54, 1.807) is 30.3 Å². The molecule has 3 rings (SSSR count). The Kier molecular flexibility index (Phi) is 7.53. The van der Waals surface area contributed by atoms with Gasteiger partial charge in [-0.2, -0.15) is 9.41 Å². The number of nitrogens with zero attached hydrogens (tertiary/aromatic N) is 3. The van der Waals surface area contributed by atoms with Crippen LogP contribution in [-0.4, -0.2) is 43.4 Å². The fourth-order valence-corrected chi connectivity index (χ4v) is 4.23. The van der Waals surface area contributed by atoms with Crippen molar-refractivity contribution < 1.29 is 27.3 Å². The van der Waals surface area contributed by atoms with Crippen molar-refractivity contribution in [2.24, 2.45) is 5.10 Å². The van der Waals surface area contributed by atoms with Crippen LogP contribution in [-0.2, 0) is 21.4 Å². The molecule has 0 fully saturated rings. The first-order valence-electron chi connectivity index (χ1n) is 9.53. The minimum absolute atomic E-state index is 0.0263. The van der Waals surface area contributed by atoms with E-state index < -0.39 is 27.4 Å². The van der Waals surface area contributed by atoms with Gasteiger partial charge < -0.3 is 9.15 Å². The molecule has 0 saturated carbocycles. The summed E-state index contributed by atoms with van der Waals surface area (Å²) in [5.74, 6) is -0.266. The molecule has 1 N–H and O–H groups in total. The van der Waals surface area contributed by atoms with Crippen molar-refractivity contribution in [1.29, 1.82) is 0 Å². The maximum absolute atomic E-state index is 13.0. The molecule has 0 aliphatic rings. The van der Waals surface area contributed by atoms with Gasteiger partial charge in [-0.15, -0.1) is 0 Å². The van der Waals surface area contributed by atoms with Crippen molar-refractivity contribution in [2.45, 2.75) is 11.4 Å². The molecule has 0 unspecified atom stereocenters. The van der Waals surface area contributed by atoms with Gasteiger partial charge in [0.2, 0.25) is 10.0 Å². The third kappa shape index (κ3) is 6.02. The molecule has 2 aromatic carbocycles. The quantitative estimate of drug-likeness (QED) is 0.271. The van der Waals surface area contributed by atoms with Gasteiger partial charge in [-0.3, -0.25) is 14.9 Å². The second kappa shape index (κ2) is 10.5. The van der Waals surface area contributed by atoms with E-state index in [1.807, 2.05) is 0 Å². The smallest absolute Gasteiger partial charge is 0.311 e. The Bertz CT molecular complexity index is 1240. The van der Waals surface area contributed by atoms with Gasteiger partial charge in [-0.25, -0.2) is 13.8 Å². The zero-order valence-corrected chi connectivity index (χ0v) is 18.3. The van der Waals surface area contributed by atoms with Crippen LogP contribution in [0.5, 0.6) is 5.75 Å². The van der Waals surface area contributed by atoms with Gasteiger partial charge in [0.1, 0.15) is 5.76 Å². The first-order chi connectivity index (χ1) is 15.8. The number of rotatable bonds is 10. The zero-order chi connectivity index (χ0) is 23.8. The number of amides is 1. The van der Waals surface area contributed by atoms with Crippen LogP contribution in [0, 0.1) is 10.1 Å². The number of hydrazone groups is 1. The molecule has 172 valence electrons. The number of carbonyl (C=O) groups is 1. The minimum Gasteiger partial charge on any atom is -0.490 e. The number of hydrogen-bond acceptors (Lipinski definition) is 8. The summed E-state index contributed by atoms with van der Waals surface area (Å²) in [7, 11) is -2.69. The average molecular weight is 472 g/mol. The molecule has 0 radical (unpaired) electrons. The van der Waals surface area contributed by atoms with Crippen LogP contribution in [0.2, 0.25) is 0 Å². The lowest BCUT2D eigenvalue weighted by molar-refractivity contribution is -0.385.